The van der Waals surface area contributed by atoms with Gasteiger partial charge in [-0.15, -0.1) is 0 Å². The van der Waals surface area contributed by atoms with Crippen LogP contribution < -0.4 is 0 Å². The molecule has 0 aromatic carbocycles. The Morgan fingerprint density at radius 2 is 1.55 bits per heavy atom. The van der Waals surface area contributed by atoms with E-state index in [0.29, 0.717) is 5.92 Å². The lowest BCUT2D eigenvalue weighted by molar-refractivity contribution is 0.141. The number of likely N-dealkylation sites (tertiary alicyclic amines) is 1. The van der Waals surface area contributed by atoms with Gasteiger partial charge in [0.25, 0.3) is 0 Å². The maximum Gasteiger partial charge on any atom is 0.0710 e. The first-order valence-corrected chi connectivity index (χ1v) is 6.99. The summed E-state index contributed by atoms with van der Waals surface area (Å²) in [4.78, 5) is 10.4. The number of rotatable bonds is 4. The third-order valence-corrected chi connectivity index (χ3v) is 3.88. The Morgan fingerprint density at radius 3 is 2.20 bits per heavy atom. The topological polar surface area (TPSA) is 49.2 Å². The molecule has 1 saturated heterocycles. The van der Waals surface area contributed by atoms with Gasteiger partial charge in [-0.3, -0.25) is 14.9 Å². The zero-order valence-electron chi connectivity index (χ0n) is 11.4. The maximum atomic E-state index is 10.2. The van der Waals surface area contributed by atoms with Crippen LogP contribution in [0.1, 0.15) is 11.1 Å². The van der Waals surface area contributed by atoms with Crippen molar-refractivity contribution in [2.45, 2.75) is 19.1 Å². The molecule has 1 aliphatic heterocycles. The number of aliphatic hydroxyl groups excluding tert-OH is 1. The normalized spacial score (nSPS) is 23.1. The van der Waals surface area contributed by atoms with Crippen molar-refractivity contribution in [1.82, 2.24) is 14.9 Å². The molecular formula is C16H19N3O. The molecule has 0 radical (unpaired) electrons. The van der Waals surface area contributed by atoms with E-state index in [4.69, 9.17) is 0 Å². The van der Waals surface area contributed by atoms with Crippen LogP contribution in [0.2, 0.25) is 0 Å². The third kappa shape index (κ3) is 3.21. The molecular weight excluding hydrogens is 250 g/mol. The summed E-state index contributed by atoms with van der Waals surface area (Å²) in [6, 6.07) is 8.11. The van der Waals surface area contributed by atoms with Crippen molar-refractivity contribution >= 4 is 0 Å². The van der Waals surface area contributed by atoms with Gasteiger partial charge in [0, 0.05) is 50.3 Å². The molecule has 0 spiro atoms. The lowest BCUT2D eigenvalue weighted by Crippen LogP contribution is -2.21. The lowest BCUT2D eigenvalue weighted by Gasteiger charge is -2.15. The fourth-order valence-corrected chi connectivity index (χ4v) is 2.84. The van der Waals surface area contributed by atoms with Crippen LogP contribution in [0.4, 0.5) is 0 Å². The molecule has 2 aromatic rings. The van der Waals surface area contributed by atoms with E-state index >= 15 is 0 Å². The Balaban J connectivity index is 1.59. The van der Waals surface area contributed by atoms with E-state index in [9.17, 15) is 5.11 Å². The van der Waals surface area contributed by atoms with Crippen LogP contribution in [0.5, 0.6) is 0 Å². The highest BCUT2D eigenvalue weighted by atomic mass is 16.3. The number of β-amino-alcohol motifs (C(OH)–C–C–N with tert-alkyl or cyclic N) is 1. The van der Waals surface area contributed by atoms with Crippen molar-refractivity contribution in [3.05, 3.63) is 60.2 Å². The number of aromatic nitrogens is 2. The fourth-order valence-electron chi connectivity index (χ4n) is 2.84. The minimum atomic E-state index is -0.245. The Kier molecular flexibility index (Phi) is 4.04. The van der Waals surface area contributed by atoms with E-state index in [2.05, 4.69) is 14.9 Å². The van der Waals surface area contributed by atoms with E-state index in [-0.39, 0.29) is 6.10 Å². The van der Waals surface area contributed by atoms with E-state index in [1.165, 1.54) is 11.1 Å². The Morgan fingerprint density at radius 1 is 0.950 bits per heavy atom. The van der Waals surface area contributed by atoms with Gasteiger partial charge < -0.3 is 5.11 Å². The van der Waals surface area contributed by atoms with Crippen LogP contribution in [-0.4, -0.2) is 39.2 Å². The molecule has 4 heteroatoms. The van der Waals surface area contributed by atoms with Crippen LogP contribution in [0.3, 0.4) is 0 Å². The average Bonchev–Trinajstić information content (AvgIpc) is 2.81. The van der Waals surface area contributed by atoms with Crippen molar-refractivity contribution in [2.24, 2.45) is 5.92 Å². The van der Waals surface area contributed by atoms with Gasteiger partial charge in [-0.05, 0) is 41.8 Å². The van der Waals surface area contributed by atoms with Gasteiger partial charge >= 0.3 is 0 Å². The first kappa shape index (κ1) is 13.2. The van der Waals surface area contributed by atoms with Crippen LogP contribution in [-0.2, 0) is 13.0 Å². The summed E-state index contributed by atoms with van der Waals surface area (Å²) >= 11 is 0. The fraction of sp³-hybridized carbons (Fsp3) is 0.375. The Hall–Kier alpha value is -1.78. The second kappa shape index (κ2) is 6.11. The molecule has 3 rings (SSSR count). The first-order chi connectivity index (χ1) is 9.81. The summed E-state index contributed by atoms with van der Waals surface area (Å²) in [5.74, 6) is 0.305. The summed E-state index contributed by atoms with van der Waals surface area (Å²) < 4.78 is 0. The van der Waals surface area contributed by atoms with Gasteiger partial charge in [0.05, 0.1) is 6.10 Å². The van der Waals surface area contributed by atoms with Gasteiger partial charge in [-0.1, -0.05) is 0 Å². The minimum absolute atomic E-state index is 0.245. The highest BCUT2D eigenvalue weighted by Crippen LogP contribution is 2.22. The molecule has 4 nitrogen and oxygen atoms in total. The standard InChI is InChI=1S/C16H19N3O/c20-16-12-19(10-14-3-7-18-8-4-14)11-15(16)9-13-1-5-17-6-2-13/h1-8,15-16,20H,9-12H2/t15-,16+/m1/s1. The molecule has 0 saturated carbocycles. The van der Waals surface area contributed by atoms with Crippen molar-refractivity contribution in [3.63, 3.8) is 0 Å². The zero-order valence-corrected chi connectivity index (χ0v) is 11.4. The molecule has 104 valence electrons. The van der Waals surface area contributed by atoms with Crippen LogP contribution in [0, 0.1) is 5.92 Å². The molecule has 1 aliphatic rings. The molecule has 0 aliphatic carbocycles. The molecule has 2 atom stereocenters. The van der Waals surface area contributed by atoms with Crippen molar-refractivity contribution in [3.8, 4) is 0 Å². The summed E-state index contributed by atoms with van der Waals surface area (Å²) in [6.45, 7) is 2.57. The van der Waals surface area contributed by atoms with E-state index in [1.807, 2.05) is 49.1 Å². The second-order valence-electron chi connectivity index (χ2n) is 5.44. The van der Waals surface area contributed by atoms with Gasteiger partial charge in [0.1, 0.15) is 0 Å². The monoisotopic (exact) mass is 269 g/mol. The number of hydrogen-bond donors (Lipinski definition) is 1. The van der Waals surface area contributed by atoms with Gasteiger partial charge in [0.2, 0.25) is 0 Å². The number of pyridine rings is 2. The highest BCUT2D eigenvalue weighted by molar-refractivity contribution is 5.13. The Bertz CT molecular complexity index is 532. The van der Waals surface area contributed by atoms with Gasteiger partial charge in [-0.2, -0.15) is 0 Å². The second-order valence-corrected chi connectivity index (χ2v) is 5.44. The van der Waals surface area contributed by atoms with Crippen molar-refractivity contribution in [2.75, 3.05) is 13.1 Å². The maximum absolute atomic E-state index is 10.2. The SMILES string of the molecule is O[C@H]1CN(Cc2ccncc2)C[C@H]1Cc1ccncc1. The molecule has 3 heterocycles. The van der Waals surface area contributed by atoms with Gasteiger partial charge in [-0.25, -0.2) is 0 Å². The van der Waals surface area contributed by atoms with Gasteiger partial charge in [0.15, 0.2) is 0 Å². The number of hydrogen-bond acceptors (Lipinski definition) is 4. The highest BCUT2D eigenvalue weighted by Gasteiger charge is 2.31. The summed E-state index contributed by atoms with van der Waals surface area (Å²) in [5, 5.41) is 10.2. The van der Waals surface area contributed by atoms with Crippen LogP contribution in [0.25, 0.3) is 0 Å². The molecule has 1 N–H and O–H groups in total. The quantitative estimate of drug-likeness (QED) is 0.914. The first-order valence-electron chi connectivity index (χ1n) is 6.99. The summed E-state index contributed by atoms with van der Waals surface area (Å²) in [7, 11) is 0. The third-order valence-electron chi connectivity index (χ3n) is 3.88. The molecule has 0 unspecified atom stereocenters. The minimum Gasteiger partial charge on any atom is -0.391 e. The van der Waals surface area contributed by atoms with Crippen molar-refractivity contribution in [1.29, 1.82) is 0 Å². The number of aliphatic hydroxyl groups is 1. The smallest absolute Gasteiger partial charge is 0.0710 e. The summed E-state index contributed by atoms with van der Waals surface area (Å²) in [6.07, 6.45) is 7.92. The predicted molar refractivity (Wildman–Crippen MR) is 77.0 cm³/mol. The lowest BCUT2D eigenvalue weighted by atomic mass is 9.97. The number of nitrogens with zero attached hydrogens (tertiary/aromatic N) is 3. The van der Waals surface area contributed by atoms with E-state index in [1.54, 1.807) is 0 Å². The molecule has 1 fully saturated rings. The van der Waals surface area contributed by atoms with Crippen LogP contribution >= 0.6 is 0 Å². The molecule has 0 amide bonds. The van der Waals surface area contributed by atoms with E-state index < -0.39 is 0 Å². The van der Waals surface area contributed by atoms with E-state index in [0.717, 1.165) is 26.1 Å². The van der Waals surface area contributed by atoms with Crippen LogP contribution in [0.15, 0.2) is 49.1 Å². The summed E-state index contributed by atoms with van der Waals surface area (Å²) in [5.41, 5.74) is 2.49. The zero-order chi connectivity index (χ0) is 13.8. The average molecular weight is 269 g/mol. The molecule has 20 heavy (non-hydrogen) atoms. The van der Waals surface area contributed by atoms with Crippen molar-refractivity contribution < 1.29 is 5.11 Å². The molecule has 0 bridgehead atoms. The molecule has 2 aromatic heterocycles. The largest absolute Gasteiger partial charge is 0.391 e. The Labute approximate surface area is 119 Å². The predicted octanol–water partition coefficient (Wildman–Crippen LogP) is 1.51.